The second-order valence-electron chi connectivity index (χ2n) is 6.15. The molecule has 120 valence electrons. The van der Waals surface area contributed by atoms with Crippen molar-refractivity contribution in [3.05, 3.63) is 24.0 Å². The molecule has 0 fully saturated rings. The third-order valence-corrected chi connectivity index (χ3v) is 3.96. The number of allylic oxidation sites excluding steroid dienone is 2. The van der Waals surface area contributed by atoms with E-state index < -0.39 is 0 Å². The van der Waals surface area contributed by atoms with E-state index in [0.717, 1.165) is 18.6 Å². The molecule has 0 saturated heterocycles. The second kappa shape index (κ2) is 11.6. The lowest BCUT2D eigenvalue weighted by Crippen LogP contribution is -2.15. The first-order chi connectivity index (χ1) is 10.2. The zero-order chi connectivity index (χ0) is 15.3. The predicted molar refractivity (Wildman–Crippen MR) is 89.2 cm³/mol. The van der Waals surface area contributed by atoms with Gasteiger partial charge in [0.05, 0.1) is 0 Å². The normalized spacial score (nSPS) is 19.7. The molecule has 2 heteroatoms. The van der Waals surface area contributed by atoms with Crippen LogP contribution in [0.2, 0.25) is 0 Å². The third kappa shape index (κ3) is 9.49. The summed E-state index contributed by atoms with van der Waals surface area (Å²) in [4.78, 5) is 11.1. The van der Waals surface area contributed by atoms with Gasteiger partial charge in [0, 0.05) is 12.5 Å². The number of hydrogen-bond donors (Lipinski definition) is 0. The van der Waals surface area contributed by atoms with Crippen LogP contribution in [-0.4, -0.2) is 11.9 Å². The molecule has 1 aliphatic heterocycles. The molecule has 2 nitrogen and oxygen atoms in total. The molecule has 0 bridgehead atoms. The summed E-state index contributed by atoms with van der Waals surface area (Å²) in [6, 6.07) is 0. The van der Waals surface area contributed by atoms with E-state index in [1.807, 2.05) is 6.08 Å². The molecule has 1 rings (SSSR count). The Kier molecular flexibility index (Phi) is 9.94. The maximum atomic E-state index is 11.1. The average Bonchev–Trinajstić information content (AvgIpc) is 2.45. The quantitative estimate of drug-likeness (QED) is 0.359. The van der Waals surface area contributed by atoms with Gasteiger partial charge in [0.2, 0.25) is 0 Å². The van der Waals surface area contributed by atoms with Crippen molar-refractivity contribution in [1.82, 2.24) is 0 Å². The van der Waals surface area contributed by atoms with Crippen molar-refractivity contribution in [2.75, 3.05) is 0 Å². The Bertz CT molecular complexity index is 341. The van der Waals surface area contributed by atoms with Gasteiger partial charge in [-0.3, -0.25) is 4.79 Å². The molecule has 1 aliphatic rings. The monoisotopic (exact) mass is 292 g/mol. The number of carbonyl (C=O) groups is 1. The van der Waals surface area contributed by atoms with Crippen LogP contribution in [0.5, 0.6) is 0 Å². The summed E-state index contributed by atoms with van der Waals surface area (Å²) >= 11 is 0. The van der Waals surface area contributed by atoms with E-state index in [0.29, 0.717) is 0 Å². The molecule has 21 heavy (non-hydrogen) atoms. The first-order valence-corrected chi connectivity index (χ1v) is 8.78. The van der Waals surface area contributed by atoms with Crippen molar-refractivity contribution in [2.24, 2.45) is 0 Å². The Morgan fingerprint density at radius 3 is 2.38 bits per heavy atom. The largest absolute Gasteiger partial charge is 0.490 e. The van der Waals surface area contributed by atoms with Gasteiger partial charge in [0.25, 0.3) is 0 Å². The molecule has 0 spiro atoms. The molecular formula is C19H32O2. The maximum absolute atomic E-state index is 11.1. The van der Waals surface area contributed by atoms with Crippen LogP contribution in [0.4, 0.5) is 0 Å². The van der Waals surface area contributed by atoms with Crippen molar-refractivity contribution >= 4 is 5.78 Å². The summed E-state index contributed by atoms with van der Waals surface area (Å²) in [7, 11) is 0. The number of ether oxygens (including phenoxy) is 1. The minimum atomic E-state index is 0.0540. The van der Waals surface area contributed by atoms with Gasteiger partial charge in [-0.15, -0.1) is 0 Å². The van der Waals surface area contributed by atoms with Crippen LogP contribution in [0.3, 0.4) is 0 Å². The number of unbranched alkanes of at least 4 members (excludes halogenated alkanes) is 8. The van der Waals surface area contributed by atoms with Gasteiger partial charge in [0.15, 0.2) is 5.78 Å². The Balaban J connectivity index is 2.01. The van der Waals surface area contributed by atoms with E-state index >= 15 is 0 Å². The van der Waals surface area contributed by atoms with Crippen molar-refractivity contribution in [3.8, 4) is 0 Å². The van der Waals surface area contributed by atoms with Gasteiger partial charge in [0.1, 0.15) is 11.9 Å². The minimum absolute atomic E-state index is 0.0540. The summed E-state index contributed by atoms with van der Waals surface area (Å²) in [5.74, 6) is 0.785. The lowest BCUT2D eigenvalue weighted by atomic mass is 10.0. The molecule has 0 aliphatic carbocycles. The molecule has 0 aromatic heterocycles. The van der Waals surface area contributed by atoms with Crippen molar-refractivity contribution in [2.45, 2.75) is 90.6 Å². The topological polar surface area (TPSA) is 26.3 Å². The van der Waals surface area contributed by atoms with Crippen LogP contribution < -0.4 is 0 Å². The summed E-state index contributed by atoms with van der Waals surface area (Å²) in [5.41, 5.74) is 0. The second-order valence-corrected chi connectivity index (χ2v) is 6.15. The Morgan fingerprint density at radius 1 is 1.14 bits per heavy atom. The standard InChI is InChI=1S/C19H32O2/c1-3-4-5-6-7-8-9-10-11-13-18-14-12-15-19(21-18)16-17(2)20/h12,15-16,18H,3-11,13-14H2,1-2H3/b19-16-. The smallest absolute Gasteiger partial charge is 0.156 e. The van der Waals surface area contributed by atoms with Crippen LogP contribution in [0.1, 0.15) is 84.5 Å². The lowest BCUT2D eigenvalue weighted by molar-refractivity contribution is -0.112. The fourth-order valence-electron chi connectivity index (χ4n) is 2.76. The fraction of sp³-hybridized carbons (Fsp3) is 0.737. The van der Waals surface area contributed by atoms with E-state index in [-0.39, 0.29) is 11.9 Å². The van der Waals surface area contributed by atoms with Crippen LogP contribution in [0.25, 0.3) is 0 Å². The molecule has 1 atom stereocenters. The summed E-state index contributed by atoms with van der Waals surface area (Å²) in [6.45, 7) is 3.83. The zero-order valence-corrected chi connectivity index (χ0v) is 13.9. The average molecular weight is 292 g/mol. The van der Waals surface area contributed by atoms with E-state index in [4.69, 9.17) is 4.74 Å². The summed E-state index contributed by atoms with van der Waals surface area (Å²) in [6.07, 6.45) is 20.2. The van der Waals surface area contributed by atoms with Crippen LogP contribution in [-0.2, 0) is 9.53 Å². The highest BCUT2D eigenvalue weighted by atomic mass is 16.5. The number of ketones is 1. The summed E-state index contributed by atoms with van der Waals surface area (Å²) in [5, 5.41) is 0. The molecule has 0 amide bonds. The Labute approximate surface area is 130 Å². The van der Waals surface area contributed by atoms with Gasteiger partial charge in [-0.1, -0.05) is 64.4 Å². The van der Waals surface area contributed by atoms with Crippen molar-refractivity contribution in [3.63, 3.8) is 0 Å². The highest BCUT2D eigenvalue weighted by Crippen LogP contribution is 2.20. The number of carbonyl (C=O) groups excluding carboxylic acids is 1. The number of hydrogen-bond acceptors (Lipinski definition) is 2. The first-order valence-electron chi connectivity index (χ1n) is 8.78. The van der Waals surface area contributed by atoms with E-state index in [9.17, 15) is 4.79 Å². The molecule has 0 aromatic rings. The van der Waals surface area contributed by atoms with Gasteiger partial charge in [-0.2, -0.15) is 0 Å². The highest BCUT2D eigenvalue weighted by Gasteiger charge is 2.13. The Morgan fingerprint density at radius 2 is 1.76 bits per heavy atom. The minimum Gasteiger partial charge on any atom is -0.490 e. The summed E-state index contributed by atoms with van der Waals surface area (Å²) < 4.78 is 5.82. The van der Waals surface area contributed by atoms with E-state index in [2.05, 4.69) is 13.0 Å². The van der Waals surface area contributed by atoms with E-state index in [1.54, 1.807) is 13.0 Å². The predicted octanol–water partition coefficient (Wildman–Crippen LogP) is 5.73. The highest BCUT2D eigenvalue weighted by molar-refractivity contribution is 5.88. The molecule has 0 radical (unpaired) electrons. The molecule has 1 unspecified atom stereocenters. The van der Waals surface area contributed by atoms with Gasteiger partial charge in [-0.05, 0) is 25.8 Å². The maximum Gasteiger partial charge on any atom is 0.156 e. The third-order valence-electron chi connectivity index (χ3n) is 3.96. The molecule has 0 N–H and O–H groups in total. The fourth-order valence-corrected chi connectivity index (χ4v) is 2.76. The van der Waals surface area contributed by atoms with Gasteiger partial charge >= 0.3 is 0 Å². The van der Waals surface area contributed by atoms with Crippen molar-refractivity contribution in [1.29, 1.82) is 0 Å². The Hall–Kier alpha value is -1.05. The zero-order valence-electron chi connectivity index (χ0n) is 13.9. The van der Waals surface area contributed by atoms with Crippen LogP contribution >= 0.6 is 0 Å². The lowest BCUT2D eigenvalue weighted by Gasteiger charge is -2.22. The van der Waals surface area contributed by atoms with E-state index in [1.165, 1.54) is 57.8 Å². The molecule has 0 aromatic carbocycles. The molecule has 1 heterocycles. The van der Waals surface area contributed by atoms with Crippen LogP contribution in [0, 0.1) is 0 Å². The van der Waals surface area contributed by atoms with Crippen molar-refractivity contribution < 1.29 is 9.53 Å². The molecule has 0 saturated carbocycles. The van der Waals surface area contributed by atoms with Crippen LogP contribution in [0.15, 0.2) is 24.0 Å². The number of rotatable bonds is 11. The first kappa shape index (κ1) is 18.0. The molecular weight excluding hydrogens is 260 g/mol. The van der Waals surface area contributed by atoms with Gasteiger partial charge < -0.3 is 4.74 Å². The van der Waals surface area contributed by atoms with Gasteiger partial charge in [-0.25, -0.2) is 0 Å². The SMILES string of the molecule is CCCCCCCCCCCC1CC=C/C(=C/C(C)=O)O1.